The number of carbonyl (C=O) groups is 1. The highest BCUT2D eigenvalue weighted by atomic mass is 35.5. The van der Waals surface area contributed by atoms with Gasteiger partial charge in [-0.25, -0.2) is 4.79 Å². The van der Waals surface area contributed by atoms with Crippen molar-refractivity contribution in [2.75, 3.05) is 0 Å². The van der Waals surface area contributed by atoms with Gasteiger partial charge < -0.3 is 15.9 Å². The first-order chi connectivity index (χ1) is 6.54. The summed E-state index contributed by atoms with van der Waals surface area (Å²) < 4.78 is 0. The summed E-state index contributed by atoms with van der Waals surface area (Å²) in [7, 11) is 0. The van der Waals surface area contributed by atoms with E-state index in [-0.39, 0.29) is 18.0 Å². The Hall–Kier alpha value is -1.10. The molecule has 2 atom stereocenters. The molecule has 1 aromatic carbocycles. The molecule has 0 heterocycles. The third kappa shape index (κ3) is 3.20. The molecule has 15 heavy (non-hydrogen) atoms. The summed E-state index contributed by atoms with van der Waals surface area (Å²) in [5, 5.41) is 18.1. The van der Waals surface area contributed by atoms with Crippen LogP contribution in [0.15, 0.2) is 24.3 Å². The van der Waals surface area contributed by atoms with E-state index in [4.69, 9.17) is 10.8 Å². The van der Waals surface area contributed by atoms with Crippen LogP contribution in [0.25, 0.3) is 0 Å². The number of halogens is 1. The van der Waals surface area contributed by atoms with Gasteiger partial charge in [-0.1, -0.05) is 18.2 Å². The minimum atomic E-state index is -1.03. The van der Waals surface area contributed by atoms with Crippen LogP contribution in [0.4, 0.5) is 0 Å². The molecule has 4 N–H and O–H groups in total. The number of carboxylic acid groups (broad SMARTS) is 1. The molecule has 0 unspecified atom stereocenters. The molecule has 1 aromatic rings. The Balaban J connectivity index is 0.00000196. The fraction of sp³-hybridized carbons (Fsp3) is 0.300. The number of benzene rings is 1. The molecule has 0 radical (unpaired) electrons. The van der Waals surface area contributed by atoms with E-state index < -0.39 is 18.1 Å². The summed E-state index contributed by atoms with van der Waals surface area (Å²) in [4.78, 5) is 10.8. The topological polar surface area (TPSA) is 83.5 Å². The van der Waals surface area contributed by atoms with Crippen molar-refractivity contribution in [2.24, 2.45) is 5.73 Å². The predicted octanol–water partition coefficient (Wildman–Crippen LogP) is 1.19. The first-order valence-corrected chi connectivity index (χ1v) is 4.30. The molecule has 0 saturated heterocycles. The van der Waals surface area contributed by atoms with Crippen LogP contribution in [0, 0.1) is 0 Å². The quantitative estimate of drug-likeness (QED) is 0.730. The number of rotatable bonds is 3. The van der Waals surface area contributed by atoms with E-state index >= 15 is 0 Å². The monoisotopic (exact) mass is 231 g/mol. The molecule has 0 bridgehead atoms. The van der Waals surface area contributed by atoms with Crippen LogP contribution in [-0.2, 0) is 0 Å². The van der Waals surface area contributed by atoms with Gasteiger partial charge in [-0.15, -0.1) is 12.4 Å². The van der Waals surface area contributed by atoms with Gasteiger partial charge in [-0.05, 0) is 18.6 Å². The highest BCUT2D eigenvalue weighted by Gasteiger charge is 2.18. The second-order valence-electron chi connectivity index (χ2n) is 3.16. The van der Waals surface area contributed by atoms with Gasteiger partial charge in [0.25, 0.3) is 0 Å². The second kappa shape index (κ2) is 5.70. The average molecular weight is 232 g/mol. The lowest BCUT2D eigenvalue weighted by molar-refractivity contribution is 0.0693. The van der Waals surface area contributed by atoms with Crippen molar-refractivity contribution in [3.63, 3.8) is 0 Å². The first kappa shape index (κ1) is 13.9. The Kier molecular flexibility index (Phi) is 5.28. The number of nitrogens with two attached hydrogens (primary N) is 1. The lowest BCUT2D eigenvalue weighted by atomic mass is 9.98. The Morgan fingerprint density at radius 1 is 1.40 bits per heavy atom. The van der Waals surface area contributed by atoms with Gasteiger partial charge in [-0.2, -0.15) is 0 Å². The molecule has 0 saturated carbocycles. The highest BCUT2D eigenvalue weighted by Crippen LogP contribution is 2.18. The maximum absolute atomic E-state index is 10.8. The van der Waals surface area contributed by atoms with Crippen molar-refractivity contribution in [1.82, 2.24) is 0 Å². The Morgan fingerprint density at radius 2 is 1.93 bits per heavy atom. The molecule has 0 fully saturated rings. The van der Waals surface area contributed by atoms with Crippen LogP contribution in [0.1, 0.15) is 28.9 Å². The predicted molar refractivity (Wildman–Crippen MR) is 59.3 cm³/mol. The zero-order valence-corrected chi connectivity index (χ0v) is 9.07. The zero-order valence-electron chi connectivity index (χ0n) is 8.25. The number of aliphatic hydroxyl groups is 1. The molecule has 0 aliphatic heterocycles. The summed E-state index contributed by atoms with van der Waals surface area (Å²) in [5.41, 5.74) is 6.26. The van der Waals surface area contributed by atoms with Crippen molar-refractivity contribution in [2.45, 2.75) is 19.1 Å². The van der Waals surface area contributed by atoms with Crippen LogP contribution in [-0.4, -0.2) is 22.3 Å². The molecule has 0 amide bonds. The number of carboxylic acids is 1. The van der Waals surface area contributed by atoms with Crippen molar-refractivity contribution in [3.05, 3.63) is 35.4 Å². The Bertz CT molecular complexity index is 341. The fourth-order valence-electron chi connectivity index (χ4n) is 1.24. The van der Waals surface area contributed by atoms with Crippen molar-refractivity contribution in [3.8, 4) is 0 Å². The van der Waals surface area contributed by atoms with Gasteiger partial charge >= 0.3 is 5.97 Å². The van der Waals surface area contributed by atoms with Crippen molar-refractivity contribution in [1.29, 1.82) is 0 Å². The van der Waals surface area contributed by atoms with Crippen LogP contribution in [0.5, 0.6) is 0 Å². The van der Waals surface area contributed by atoms with E-state index in [2.05, 4.69) is 0 Å². The highest BCUT2D eigenvalue weighted by molar-refractivity contribution is 5.89. The number of hydrogen-bond acceptors (Lipinski definition) is 3. The number of aliphatic hydroxyl groups excluding tert-OH is 1. The molecule has 5 heteroatoms. The smallest absolute Gasteiger partial charge is 0.336 e. The van der Waals surface area contributed by atoms with Crippen LogP contribution in [0.3, 0.4) is 0 Å². The van der Waals surface area contributed by atoms with Gasteiger partial charge in [0.1, 0.15) is 0 Å². The molecule has 0 aliphatic carbocycles. The summed E-state index contributed by atoms with van der Waals surface area (Å²) in [6.07, 6.45) is -0.768. The van der Waals surface area contributed by atoms with Crippen molar-refractivity contribution < 1.29 is 15.0 Å². The Labute approximate surface area is 94.1 Å². The maximum atomic E-state index is 10.8. The molecule has 84 valence electrons. The van der Waals surface area contributed by atoms with Gasteiger partial charge in [0, 0.05) is 0 Å². The second-order valence-corrected chi connectivity index (χ2v) is 3.16. The Morgan fingerprint density at radius 3 is 2.40 bits per heavy atom. The molecule has 1 rings (SSSR count). The van der Waals surface area contributed by atoms with E-state index in [0.717, 1.165) is 0 Å². The lowest BCUT2D eigenvalue weighted by Crippen LogP contribution is -2.25. The van der Waals surface area contributed by atoms with E-state index in [9.17, 15) is 9.90 Å². The van der Waals surface area contributed by atoms with Gasteiger partial charge in [0.15, 0.2) is 0 Å². The first-order valence-electron chi connectivity index (χ1n) is 4.30. The molecular formula is C10H14ClNO3. The summed E-state index contributed by atoms with van der Waals surface area (Å²) in [5.74, 6) is -1.03. The number of aromatic carboxylic acids is 1. The molecule has 0 aliphatic rings. The molecule has 0 aromatic heterocycles. The van der Waals surface area contributed by atoms with E-state index in [1.165, 1.54) is 13.0 Å². The summed E-state index contributed by atoms with van der Waals surface area (Å²) in [6.45, 7) is 1.53. The molecule has 0 spiro atoms. The van der Waals surface area contributed by atoms with Gasteiger partial charge in [0.2, 0.25) is 0 Å². The van der Waals surface area contributed by atoms with Crippen molar-refractivity contribution >= 4 is 18.4 Å². The largest absolute Gasteiger partial charge is 0.478 e. The average Bonchev–Trinajstić information content (AvgIpc) is 2.16. The third-order valence-electron chi connectivity index (χ3n) is 2.07. The molecule has 4 nitrogen and oxygen atoms in total. The van der Waals surface area contributed by atoms with Crippen LogP contribution >= 0.6 is 12.4 Å². The van der Waals surface area contributed by atoms with E-state index in [1.54, 1.807) is 18.2 Å². The maximum Gasteiger partial charge on any atom is 0.336 e. The van der Waals surface area contributed by atoms with E-state index in [0.29, 0.717) is 5.56 Å². The SMILES string of the molecule is C[C@@H](O)[C@@H](N)c1ccccc1C(=O)O.Cl. The number of hydrogen-bond donors (Lipinski definition) is 3. The zero-order chi connectivity index (χ0) is 10.7. The normalized spacial score (nSPS) is 13.8. The minimum absolute atomic E-state index is 0. The lowest BCUT2D eigenvalue weighted by Gasteiger charge is -2.16. The van der Waals surface area contributed by atoms with Crippen LogP contribution < -0.4 is 5.73 Å². The van der Waals surface area contributed by atoms with Gasteiger partial charge in [-0.3, -0.25) is 0 Å². The summed E-state index contributed by atoms with van der Waals surface area (Å²) in [6, 6.07) is 5.74. The summed E-state index contributed by atoms with van der Waals surface area (Å²) >= 11 is 0. The van der Waals surface area contributed by atoms with Crippen LogP contribution in [0.2, 0.25) is 0 Å². The van der Waals surface area contributed by atoms with E-state index in [1.807, 2.05) is 0 Å². The standard InChI is InChI=1S/C10H13NO3.ClH/c1-6(12)9(11)7-4-2-3-5-8(7)10(13)14;/h2-6,9,12H,11H2,1H3,(H,13,14);1H/t6-,9-;/m1./s1. The minimum Gasteiger partial charge on any atom is -0.478 e. The molecular weight excluding hydrogens is 218 g/mol. The fourth-order valence-corrected chi connectivity index (χ4v) is 1.24. The van der Waals surface area contributed by atoms with Gasteiger partial charge in [0.05, 0.1) is 17.7 Å². The third-order valence-corrected chi connectivity index (χ3v) is 2.07.